The van der Waals surface area contributed by atoms with Crippen molar-refractivity contribution in [1.29, 1.82) is 0 Å². The summed E-state index contributed by atoms with van der Waals surface area (Å²) in [6.45, 7) is 2.83. The molecule has 22 nitrogen and oxygen atoms in total. The van der Waals surface area contributed by atoms with Gasteiger partial charge in [0, 0.05) is 54.3 Å². The lowest BCUT2D eigenvalue weighted by molar-refractivity contribution is -0.172. The van der Waals surface area contributed by atoms with Crippen molar-refractivity contribution < 1.29 is 62.1 Å². The molecule has 4 aliphatic rings. The maximum Gasteiger partial charge on any atom is 0.343 e. The van der Waals surface area contributed by atoms with Gasteiger partial charge in [-0.05, 0) is 73.8 Å². The number of aryl methyl sites for hydroxylation is 1. The van der Waals surface area contributed by atoms with Gasteiger partial charge in [0.25, 0.3) is 5.56 Å². The standard InChI is InChI=1S/C54H62FN9O13/c1-4-31-19-46(70)63(51(31)72)17-11-7-10-14-41(65)56-22-42(66)57-24-44(68)61-39(18-30-12-8-6-9-13-30)50(71)58-23-43(67)59-28-76-27-45(69)60-37-16-15-32-29(3)36(55)21-38-47(32)48(37)33-25-64-40(49(33)62-38)20-35-34(52(64)73)26-77-53(74)54(35,75)5-2/h6,8-9,12-13,20-21,31,37,39,75H,4-5,7,10-11,14-19,22-28H2,1-3H3,(H,56,65)(H,57,66)(H,58,71)(H,59,67)(H,60,69)(H,61,68)/t31?,37-,39-,54-/m0/s1. The Morgan fingerprint density at radius 2 is 1.61 bits per heavy atom. The van der Waals surface area contributed by atoms with Crippen LogP contribution < -0.4 is 37.5 Å². The van der Waals surface area contributed by atoms with Crippen molar-refractivity contribution in [2.75, 3.05) is 39.5 Å². The van der Waals surface area contributed by atoms with Gasteiger partial charge >= 0.3 is 5.97 Å². The molecule has 1 saturated heterocycles. The maximum absolute atomic E-state index is 15.4. The van der Waals surface area contributed by atoms with Crippen LogP contribution in [-0.2, 0) is 84.2 Å². The largest absolute Gasteiger partial charge is 0.458 e. The van der Waals surface area contributed by atoms with Crippen LogP contribution in [0.3, 0.4) is 0 Å². The summed E-state index contributed by atoms with van der Waals surface area (Å²) in [4.78, 5) is 135. The normalized spacial score (nSPS) is 18.4. The number of nitrogens with zero attached hydrogens (tertiary/aromatic N) is 3. The second-order valence-corrected chi connectivity index (χ2v) is 19.6. The molecule has 1 unspecified atom stereocenters. The summed E-state index contributed by atoms with van der Waals surface area (Å²) < 4.78 is 27.5. The molecule has 8 amide bonds. The number of unbranched alkanes of at least 4 members (excludes halogenated alkanes) is 2. The summed E-state index contributed by atoms with van der Waals surface area (Å²) >= 11 is 0. The average Bonchev–Trinajstić information content (AvgIpc) is 4.05. The topological polar surface area (TPSA) is 303 Å². The second kappa shape index (κ2) is 24.0. The Morgan fingerprint density at radius 1 is 0.883 bits per heavy atom. The number of aliphatic hydroxyl groups is 1. The van der Waals surface area contributed by atoms with E-state index in [4.69, 9.17) is 14.5 Å². The number of benzene rings is 2. The molecule has 3 aliphatic heterocycles. The SMILES string of the molecule is CCC1CC(=O)N(CCCCCC(=O)NCC(=O)NCC(=O)N[C@@H](Cc2ccccc2)C(=O)NCC(=O)NCOCC(=O)N[C@H]2CCc3c(C)c(F)cc4nc5c(c2c34)Cn2c-5cc3c(c2=O)COC(=O)[C@]3(O)CC)C1=O. The molecule has 4 aromatic rings. The van der Waals surface area contributed by atoms with Gasteiger partial charge in [0.2, 0.25) is 47.3 Å². The van der Waals surface area contributed by atoms with Crippen molar-refractivity contribution in [3.63, 3.8) is 0 Å². The number of amides is 8. The fourth-order valence-electron chi connectivity index (χ4n) is 10.4. The monoisotopic (exact) mass is 1060 g/mol. The number of imide groups is 1. The molecule has 77 heavy (non-hydrogen) atoms. The highest BCUT2D eigenvalue weighted by atomic mass is 19.1. The van der Waals surface area contributed by atoms with E-state index in [0.717, 1.165) is 5.56 Å². The van der Waals surface area contributed by atoms with Gasteiger partial charge in [0.05, 0.1) is 54.7 Å². The van der Waals surface area contributed by atoms with E-state index in [9.17, 15) is 53.1 Å². The van der Waals surface area contributed by atoms with Crippen LogP contribution in [0.25, 0.3) is 22.3 Å². The smallest absolute Gasteiger partial charge is 0.343 e. The van der Waals surface area contributed by atoms with Gasteiger partial charge in [0.15, 0.2) is 5.60 Å². The highest BCUT2D eigenvalue weighted by molar-refractivity contribution is 6.03. The van der Waals surface area contributed by atoms with Gasteiger partial charge in [0.1, 0.15) is 31.8 Å². The van der Waals surface area contributed by atoms with E-state index in [0.29, 0.717) is 89.6 Å². The Morgan fingerprint density at radius 3 is 2.35 bits per heavy atom. The van der Waals surface area contributed by atoms with Crippen molar-refractivity contribution in [3.05, 3.63) is 97.6 Å². The van der Waals surface area contributed by atoms with E-state index in [1.807, 2.05) is 6.92 Å². The summed E-state index contributed by atoms with van der Waals surface area (Å²) in [6.07, 6.45) is 3.35. The third-order valence-electron chi connectivity index (χ3n) is 14.7. The predicted octanol–water partition coefficient (Wildman–Crippen LogP) is 1.14. The molecule has 23 heteroatoms. The summed E-state index contributed by atoms with van der Waals surface area (Å²) in [5.41, 5.74) is 1.85. The minimum absolute atomic E-state index is 0.0390. The number of halogens is 1. The number of carbonyl (C=O) groups is 9. The van der Waals surface area contributed by atoms with Crippen LogP contribution in [0.2, 0.25) is 0 Å². The Balaban J connectivity index is 0.795. The molecule has 5 heterocycles. The minimum atomic E-state index is -2.05. The van der Waals surface area contributed by atoms with Crippen molar-refractivity contribution >= 4 is 64.1 Å². The molecule has 408 valence electrons. The van der Waals surface area contributed by atoms with E-state index in [-0.39, 0.29) is 73.6 Å². The number of carbonyl (C=O) groups excluding carboxylic acids is 9. The first-order valence-corrected chi connectivity index (χ1v) is 25.9. The van der Waals surface area contributed by atoms with Crippen LogP contribution in [0.5, 0.6) is 0 Å². The molecule has 0 saturated carbocycles. The zero-order valence-electron chi connectivity index (χ0n) is 43.1. The lowest BCUT2D eigenvalue weighted by Gasteiger charge is -2.31. The van der Waals surface area contributed by atoms with Crippen LogP contribution in [-0.4, -0.2) is 118 Å². The molecule has 2 aromatic carbocycles. The number of hydrogen-bond donors (Lipinski definition) is 7. The van der Waals surface area contributed by atoms with Crippen molar-refractivity contribution in [2.24, 2.45) is 5.92 Å². The van der Waals surface area contributed by atoms with Crippen LogP contribution in [0.15, 0.2) is 47.3 Å². The highest BCUT2D eigenvalue weighted by Crippen LogP contribution is 2.46. The lowest BCUT2D eigenvalue weighted by atomic mass is 9.81. The number of aromatic nitrogens is 2. The van der Waals surface area contributed by atoms with E-state index in [2.05, 4.69) is 31.9 Å². The number of esters is 1. The maximum atomic E-state index is 15.4. The van der Waals surface area contributed by atoms with Crippen molar-refractivity contribution in [1.82, 2.24) is 46.4 Å². The molecule has 0 bridgehead atoms. The number of ether oxygens (including phenoxy) is 2. The summed E-state index contributed by atoms with van der Waals surface area (Å²) in [7, 11) is 0. The Bertz CT molecular complexity index is 3110. The minimum Gasteiger partial charge on any atom is -0.458 e. The van der Waals surface area contributed by atoms with Crippen LogP contribution in [0.4, 0.5) is 4.39 Å². The molecule has 1 fully saturated rings. The molecular formula is C54H62FN9O13. The van der Waals surface area contributed by atoms with Gasteiger partial charge in [-0.15, -0.1) is 0 Å². The van der Waals surface area contributed by atoms with E-state index < -0.39 is 97.5 Å². The molecule has 8 rings (SSSR count). The average molecular weight is 1060 g/mol. The van der Waals surface area contributed by atoms with Gasteiger partial charge in [-0.1, -0.05) is 50.6 Å². The second-order valence-electron chi connectivity index (χ2n) is 19.6. The number of likely N-dealkylation sites (tertiary alicyclic amines) is 1. The Labute approximate surface area is 441 Å². The van der Waals surface area contributed by atoms with Gasteiger partial charge in [-0.25, -0.2) is 14.2 Å². The van der Waals surface area contributed by atoms with E-state index >= 15 is 4.39 Å². The molecular weight excluding hydrogens is 1000 g/mol. The fourth-order valence-corrected chi connectivity index (χ4v) is 10.4. The molecule has 7 N–H and O–H groups in total. The summed E-state index contributed by atoms with van der Waals surface area (Å²) in [5, 5.41) is 27.4. The summed E-state index contributed by atoms with van der Waals surface area (Å²) in [5.74, 6) is -5.61. The van der Waals surface area contributed by atoms with E-state index in [1.165, 1.54) is 15.5 Å². The van der Waals surface area contributed by atoms with Crippen molar-refractivity contribution in [2.45, 2.75) is 116 Å². The number of cyclic esters (lactones) is 1. The number of pyridine rings is 2. The number of rotatable bonds is 23. The lowest BCUT2D eigenvalue weighted by Crippen LogP contribution is -2.52. The van der Waals surface area contributed by atoms with Crippen molar-refractivity contribution in [3.8, 4) is 11.4 Å². The Hall–Kier alpha value is -7.92. The van der Waals surface area contributed by atoms with Gasteiger partial charge < -0.3 is 51.0 Å². The first-order valence-electron chi connectivity index (χ1n) is 25.9. The third-order valence-corrected chi connectivity index (χ3v) is 14.7. The predicted molar refractivity (Wildman–Crippen MR) is 272 cm³/mol. The quantitative estimate of drug-likeness (QED) is 0.0209. The fraction of sp³-hybridized carbons (Fsp3) is 0.463. The highest BCUT2D eigenvalue weighted by Gasteiger charge is 2.46. The number of nitrogens with one attached hydrogen (secondary N) is 6. The van der Waals surface area contributed by atoms with Crippen LogP contribution in [0, 0.1) is 18.7 Å². The first-order chi connectivity index (χ1) is 36.9. The first kappa shape index (κ1) is 55.3. The third kappa shape index (κ3) is 12.0. The molecule has 1 aliphatic carbocycles. The zero-order valence-corrected chi connectivity index (χ0v) is 43.1. The zero-order chi connectivity index (χ0) is 55.1. The molecule has 0 spiro atoms. The molecule has 2 aromatic heterocycles. The van der Waals surface area contributed by atoms with Crippen LogP contribution in [0.1, 0.15) is 110 Å². The number of hydrogen-bond acceptors (Lipinski definition) is 14. The molecule has 4 atom stereocenters. The number of fused-ring (bicyclic) bond motifs is 5. The summed E-state index contributed by atoms with van der Waals surface area (Å²) in [6, 6.07) is 9.85. The van der Waals surface area contributed by atoms with E-state index in [1.54, 1.807) is 50.2 Å². The van der Waals surface area contributed by atoms with Gasteiger partial charge in [-0.3, -0.25) is 48.1 Å². The van der Waals surface area contributed by atoms with Crippen LogP contribution >= 0.6 is 0 Å². The Kier molecular flexibility index (Phi) is 17.2. The molecule has 0 radical (unpaired) electrons. The van der Waals surface area contributed by atoms with Gasteiger partial charge in [-0.2, -0.15) is 0 Å².